The molecule has 0 rings (SSSR count). The Morgan fingerprint density at radius 3 is 2.44 bits per heavy atom. The van der Waals surface area contributed by atoms with Gasteiger partial charge in [0.1, 0.15) is 11.1 Å². The molecule has 7 heteroatoms. The number of carbonyl (C=O) groups is 1. The first-order valence-corrected chi connectivity index (χ1v) is 7.36. The fourth-order valence-corrected chi connectivity index (χ4v) is 1.95. The van der Waals surface area contributed by atoms with Crippen molar-refractivity contribution >= 4 is 46.6 Å². The number of hydrogen-bond donors (Lipinski definition) is 1. The molecule has 0 aliphatic heterocycles. The zero-order valence-electron chi connectivity index (χ0n) is 10.4. The molecule has 0 bridgehead atoms. The fraction of sp³-hybridized carbons (Fsp3) is 0.364. The molecule has 0 spiro atoms. The molecule has 0 saturated heterocycles. The predicted molar refractivity (Wildman–Crippen MR) is 81.1 cm³/mol. The molecule has 0 amide bonds. The number of allylic oxidation sites excluding steroid dienone is 1. The first kappa shape index (κ1) is 19.4. The lowest BCUT2D eigenvalue weighted by Gasteiger charge is -2.04. The number of carboxylic acid groups (broad SMARTS) is 1. The summed E-state index contributed by atoms with van der Waals surface area (Å²) in [5, 5.41) is 17.6. The molecule has 0 aliphatic rings. The summed E-state index contributed by atoms with van der Waals surface area (Å²) in [5.41, 5.74) is 0.429. The predicted octanol–water partition coefficient (Wildman–Crippen LogP) is 3.71. The zero-order valence-corrected chi connectivity index (χ0v) is 12.8. The Bertz CT molecular complexity index is 383. The molecular weight excluding hydrogens is 292 g/mol. The van der Waals surface area contributed by atoms with Crippen molar-refractivity contribution in [1.82, 2.24) is 0 Å². The van der Waals surface area contributed by atoms with Crippen molar-refractivity contribution in [1.29, 1.82) is 5.26 Å². The van der Waals surface area contributed by atoms with Crippen LogP contribution in [0.5, 0.6) is 0 Å². The minimum atomic E-state index is -0.250. The van der Waals surface area contributed by atoms with E-state index in [4.69, 9.17) is 26.8 Å². The molecule has 0 unspecified atom stereocenters. The summed E-state index contributed by atoms with van der Waals surface area (Å²) >= 11 is 8.77. The maximum absolute atomic E-state index is 8.96. The van der Waals surface area contributed by atoms with Crippen LogP contribution in [0.1, 0.15) is 13.8 Å². The molecule has 18 heavy (non-hydrogen) atoms. The van der Waals surface area contributed by atoms with Crippen molar-refractivity contribution in [2.24, 2.45) is 4.99 Å². The summed E-state index contributed by atoms with van der Waals surface area (Å²) in [5.74, 6) is 0.843. The van der Waals surface area contributed by atoms with Gasteiger partial charge < -0.3 is 5.11 Å². The molecule has 100 valence electrons. The van der Waals surface area contributed by atoms with Crippen LogP contribution in [0.2, 0.25) is 0 Å². The van der Waals surface area contributed by atoms with E-state index in [0.29, 0.717) is 20.7 Å². The lowest BCUT2D eigenvalue weighted by Crippen LogP contribution is -1.98. The maximum atomic E-state index is 8.96. The van der Waals surface area contributed by atoms with Gasteiger partial charge in [0.05, 0.1) is 10.6 Å². The summed E-state index contributed by atoms with van der Waals surface area (Å²) in [6.07, 6.45) is 1.89. The van der Waals surface area contributed by atoms with E-state index in [9.17, 15) is 0 Å². The Balaban J connectivity index is 0. The van der Waals surface area contributed by atoms with Crippen LogP contribution >= 0.6 is 35.1 Å². The minimum Gasteiger partial charge on any atom is -0.483 e. The van der Waals surface area contributed by atoms with Crippen LogP contribution in [0, 0.1) is 11.3 Å². The highest BCUT2D eigenvalue weighted by atomic mass is 35.5. The van der Waals surface area contributed by atoms with Crippen LogP contribution in [0.4, 0.5) is 0 Å². The third kappa shape index (κ3) is 9.16. The smallest absolute Gasteiger partial charge is 0.290 e. The van der Waals surface area contributed by atoms with Crippen molar-refractivity contribution in [3.63, 3.8) is 0 Å². The first-order valence-electron chi connectivity index (χ1n) is 4.77. The molecule has 0 heterocycles. The second-order valence-electron chi connectivity index (χ2n) is 2.57. The molecule has 4 nitrogen and oxygen atoms in total. The molecule has 0 aliphatic carbocycles. The molecule has 0 aromatic carbocycles. The van der Waals surface area contributed by atoms with Gasteiger partial charge in [0.15, 0.2) is 0 Å². The van der Waals surface area contributed by atoms with Gasteiger partial charge in [-0.05, 0) is 18.9 Å². The molecule has 0 aromatic heterocycles. The molecule has 1 N–H and O–H groups in total. The lowest BCUT2D eigenvalue weighted by atomic mass is 10.3. The Hall–Kier alpha value is -0.900. The van der Waals surface area contributed by atoms with E-state index in [2.05, 4.69) is 17.6 Å². The normalized spacial score (nSPS) is 11.6. The van der Waals surface area contributed by atoms with Gasteiger partial charge in [-0.25, -0.2) is 4.99 Å². The third-order valence-electron chi connectivity index (χ3n) is 1.41. The number of nitrogens with zero attached hydrogens (tertiary/aromatic N) is 2. The molecule has 0 saturated carbocycles. The van der Waals surface area contributed by atoms with Crippen molar-refractivity contribution in [2.45, 2.75) is 13.8 Å². The van der Waals surface area contributed by atoms with Gasteiger partial charge in [-0.3, -0.25) is 4.79 Å². The summed E-state index contributed by atoms with van der Waals surface area (Å²) in [6.45, 7) is 7.20. The van der Waals surface area contributed by atoms with Crippen LogP contribution in [-0.2, 0) is 4.79 Å². The Morgan fingerprint density at radius 1 is 1.67 bits per heavy atom. The number of nitriles is 1. The topological polar surface area (TPSA) is 73.5 Å². The van der Waals surface area contributed by atoms with E-state index < -0.39 is 0 Å². The summed E-state index contributed by atoms with van der Waals surface area (Å²) < 4.78 is 0. The Morgan fingerprint density at radius 2 is 2.17 bits per heavy atom. The van der Waals surface area contributed by atoms with Crippen LogP contribution in [-0.4, -0.2) is 28.6 Å². The standard InChI is InChI=1S/C10H13ClN2S2.CH2O2/c1-5-15-10(13-8(3)14-4)9(6-12)7(2)11;2-1-3/h3,5H2,1-2,4H3;1H,(H,2,3)/b9-7+,13-10+;. The summed E-state index contributed by atoms with van der Waals surface area (Å²) in [6, 6.07) is 2.06. The van der Waals surface area contributed by atoms with Gasteiger partial charge in [0.25, 0.3) is 6.47 Å². The number of hydrogen-bond acceptors (Lipinski definition) is 5. The average molecular weight is 307 g/mol. The molecular formula is C11H15ClN2O2S2. The van der Waals surface area contributed by atoms with Crippen molar-refractivity contribution in [3.05, 3.63) is 22.2 Å². The molecule has 0 aromatic rings. The second kappa shape index (κ2) is 12.6. The largest absolute Gasteiger partial charge is 0.483 e. The quantitative estimate of drug-likeness (QED) is 0.371. The van der Waals surface area contributed by atoms with E-state index in [1.807, 2.05) is 13.2 Å². The van der Waals surface area contributed by atoms with Gasteiger partial charge in [-0.2, -0.15) is 5.26 Å². The van der Waals surface area contributed by atoms with Gasteiger partial charge in [0.2, 0.25) is 0 Å². The van der Waals surface area contributed by atoms with Gasteiger partial charge in [-0.1, -0.05) is 25.1 Å². The minimum absolute atomic E-state index is 0.250. The highest BCUT2D eigenvalue weighted by Crippen LogP contribution is 2.21. The van der Waals surface area contributed by atoms with Crippen molar-refractivity contribution < 1.29 is 9.90 Å². The zero-order chi connectivity index (χ0) is 14.6. The highest BCUT2D eigenvalue weighted by Gasteiger charge is 2.10. The van der Waals surface area contributed by atoms with Crippen LogP contribution in [0.15, 0.2) is 27.2 Å². The van der Waals surface area contributed by atoms with E-state index in [1.54, 1.807) is 6.92 Å². The Kier molecular flexibility index (Phi) is 13.6. The monoisotopic (exact) mass is 306 g/mol. The SMILES string of the molecule is C=C(/N=C(SCC)\C(C#N)=C(/C)Cl)SC.O=CO. The molecule has 0 radical (unpaired) electrons. The van der Waals surface area contributed by atoms with E-state index in [0.717, 1.165) is 5.75 Å². The van der Waals surface area contributed by atoms with Gasteiger partial charge in [-0.15, -0.1) is 23.5 Å². The fourth-order valence-electron chi connectivity index (χ4n) is 0.728. The first-order chi connectivity index (χ1) is 8.48. The number of thioether (sulfide) groups is 2. The Labute approximate surface area is 121 Å². The van der Waals surface area contributed by atoms with E-state index in [-0.39, 0.29) is 6.47 Å². The highest BCUT2D eigenvalue weighted by molar-refractivity contribution is 8.14. The number of rotatable bonds is 4. The van der Waals surface area contributed by atoms with Gasteiger partial charge >= 0.3 is 0 Å². The lowest BCUT2D eigenvalue weighted by molar-refractivity contribution is -0.122. The maximum Gasteiger partial charge on any atom is 0.290 e. The van der Waals surface area contributed by atoms with Crippen LogP contribution < -0.4 is 0 Å². The molecule has 0 atom stereocenters. The summed E-state index contributed by atoms with van der Waals surface area (Å²) in [4.78, 5) is 12.6. The average Bonchev–Trinajstić information content (AvgIpc) is 2.30. The van der Waals surface area contributed by atoms with E-state index in [1.165, 1.54) is 23.5 Å². The van der Waals surface area contributed by atoms with Crippen LogP contribution in [0.25, 0.3) is 0 Å². The van der Waals surface area contributed by atoms with Crippen molar-refractivity contribution in [2.75, 3.05) is 12.0 Å². The van der Waals surface area contributed by atoms with E-state index >= 15 is 0 Å². The number of halogens is 1. The second-order valence-corrected chi connectivity index (χ2v) is 5.27. The summed E-state index contributed by atoms with van der Waals surface area (Å²) in [7, 11) is 0. The van der Waals surface area contributed by atoms with Crippen LogP contribution in [0.3, 0.4) is 0 Å². The van der Waals surface area contributed by atoms with Crippen molar-refractivity contribution in [3.8, 4) is 6.07 Å². The molecule has 0 fully saturated rings. The number of aliphatic imine (C=N–C) groups is 1. The van der Waals surface area contributed by atoms with Gasteiger partial charge in [0, 0.05) is 5.03 Å². The third-order valence-corrected chi connectivity index (χ3v) is 3.02.